The van der Waals surface area contributed by atoms with Gasteiger partial charge in [-0.2, -0.15) is 0 Å². The van der Waals surface area contributed by atoms with Gasteiger partial charge in [0.1, 0.15) is 6.10 Å². The third-order valence-electron chi connectivity index (χ3n) is 8.03. The lowest BCUT2D eigenvalue weighted by Gasteiger charge is -2.45. The number of unbranched alkanes of at least 4 members (excludes halogenated alkanes) is 2. The molecule has 0 spiro atoms. The summed E-state index contributed by atoms with van der Waals surface area (Å²) in [5, 5.41) is 3.61. The summed E-state index contributed by atoms with van der Waals surface area (Å²) in [7, 11) is 0. The molecule has 2 fully saturated rings. The number of hydrogen-bond donors (Lipinski definition) is 1. The molecule has 4 atom stereocenters. The maximum absolute atomic E-state index is 12.7. The number of ether oxygens (including phenoxy) is 1. The van der Waals surface area contributed by atoms with Crippen LogP contribution < -0.4 is 5.32 Å². The van der Waals surface area contributed by atoms with Crippen molar-refractivity contribution in [1.82, 2.24) is 10.2 Å². The van der Waals surface area contributed by atoms with Gasteiger partial charge in [0.2, 0.25) is 0 Å². The van der Waals surface area contributed by atoms with Crippen LogP contribution in [0.25, 0.3) is 0 Å². The van der Waals surface area contributed by atoms with Crippen LogP contribution in [0.15, 0.2) is 11.1 Å². The Morgan fingerprint density at radius 1 is 1.13 bits per heavy atom. The van der Waals surface area contributed by atoms with Crippen LogP contribution in [0.2, 0.25) is 0 Å². The summed E-state index contributed by atoms with van der Waals surface area (Å²) in [6.45, 7) is 14.7. The van der Waals surface area contributed by atoms with Crippen molar-refractivity contribution in [2.24, 2.45) is 17.3 Å². The van der Waals surface area contributed by atoms with Crippen molar-refractivity contribution in [3.63, 3.8) is 0 Å². The first kappa shape index (κ1) is 23.8. The molecule has 3 rings (SSSR count). The molecule has 0 radical (unpaired) electrons. The molecular formula is C26H46N2O2. The van der Waals surface area contributed by atoms with Crippen LogP contribution in [0.5, 0.6) is 0 Å². The first-order chi connectivity index (χ1) is 14.5. The third-order valence-corrected chi connectivity index (χ3v) is 8.03. The topological polar surface area (TPSA) is 41.6 Å². The van der Waals surface area contributed by atoms with E-state index in [1.807, 2.05) is 0 Å². The predicted molar refractivity (Wildman–Crippen MR) is 124 cm³/mol. The van der Waals surface area contributed by atoms with Gasteiger partial charge in [0, 0.05) is 12.5 Å². The molecule has 0 aromatic heterocycles. The average molecular weight is 419 g/mol. The number of fused-ring (bicyclic) bond motifs is 2. The van der Waals surface area contributed by atoms with Gasteiger partial charge in [0.15, 0.2) is 0 Å². The zero-order chi connectivity index (χ0) is 21.6. The third kappa shape index (κ3) is 5.68. The number of allylic oxidation sites excluding steroid dienone is 2. The molecule has 1 N–H and O–H groups in total. The number of nitrogens with zero attached hydrogens (tertiary/aromatic N) is 1. The van der Waals surface area contributed by atoms with E-state index in [4.69, 9.17) is 4.74 Å². The minimum Gasteiger partial charge on any atom is -0.462 e. The molecule has 1 saturated carbocycles. The summed E-state index contributed by atoms with van der Waals surface area (Å²) in [5.74, 6) is 0.468. The van der Waals surface area contributed by atoms with Gasteiger partial charge >= 0.3 is 5.97 Å². The first-order valence-corrected chi connectivity index (χ1v) is 12.8. The van der Waals surface area contributed by atoms with Crippen LogP contribution in [-0.4, -0.2) is 49.7 Å². The number of esters is 1. The van der Waals surface area contributed by atoms with E-state index in [0.717, 1.165) is 32.4 Å². The molecule has 3 aliphatic rings. The lowest BCUT2D eigenvalue weighted by Crippen LogP contribution is -2.41. The van der Waals surface area contributed by atoms with Gasteiger partial charge < -0.3 is 15.0 Å². The van der Waals surface area contributed by atoms with Gasteiger partial charge in [-0.15, -0.1) is 0 Å². The largest absolute Gasteiger partial charge is 0.462 e. The van der Waals surface area contributed by atoms with Crippen molar-refractivity contribution in [3.8, 4) is 0 Å². The fourth-order valence-electron chi connectivity index (χ4n) is 6.13. The highest BCUT2D eigenvalue weighted by Crippen LogP contribution is 2.54. The summed E-state index contributed by atoms with van der Waals surface area (Å²) in [5.41, 5.74) is 3.51. The quantitative estimate of drug-likeness (QED) is 0.264. The van der Waals surface area contributed by atoms with Crippen LogP contribution in [0.3, 0.4) is 0 Å². The number of nitrogens with one attached hydrogen (secondary N) is 1. The average Bonchev–Trinajstić information content (AvgIpc) is 3.01. The zero-order valence-electron chi connectivity index (χ0n) is 20.1. The monoisotopic (exact) mass is 418 g/mol. The van der Waals surface area contributed by atoms with Crippen LogP contribution in [0.1, 0.15) is 91.9 Å². The Morgan fingerprint density at radius 3 is 2.53 bits per heavy atom. The highest BCUT2D eigenvalue weighted by molar-refractivity contribution is 5.76. The molecule has 0 unspecified atom stereocenters. The van der Waals surface area contributed by atoms with Crippen molar-refractivity contribution in [3.05, 3.63) is 11.1 Å². The van der Waals surface area contributed by atoms with Gasteiger partial charge in [0.25, 0.3) is 0 Å². The summed E-state index contributed by atoms with van der Waals surface area (Å²) in [6, 6.07) is 0. The van der Waals surface area contributed by atoms with E-state index in [2.05, 4.69) is 37.9 Å². The smallest absolute Gasteiger partial charge is 0.310 e. The van der Waals surface area contributed by atoms with Crippen molar-refractivity contribution in [2.75, 3.05) is 32.7 Å². The summed E-state index contributed by atoms with van der Waals surface area (Å²) < 4.78 is 5.90. The van der Waals surface area contributed by atoms with E-state index in [0.29, 0.717) is 5.92 Å². The minimum atomic E-state index is 0.0399. The van der Waals surface area contributed by atoms with E-state index in [-0.39, 0.29) is 23.4 Å². The van der Waals surface area contributed by atoms with Crippen LogP contribution in [-0.2, 0) is 9.53 Å². The van der Waals surface area contributed by atoms with Crippen molar-refractivity contribution in [2.45, 2.75) is 98.0 Å². The van der Waals surface area contributed by atoms with Crippen molar-refractivity contribution < 1.29 is 9.53 Å². The fourth-order valence-corrected chi connectivity index (χ4v) is 6.13. The van der Waals surface area contributed by atoms with E-state index < -0.39 is 0 Å². The molecule has 0 aromatic rings. The van der Waals surface area contributed by atoms with E-state index in [9.17, 15) is 4.79 Å². The summed E-state index contributed by atoms with van der Waals surface area (Å²) in [6.07, 6.45) is 12.3. The maximum Gasteiger partial charge on any atom is 0.310 e. The maximum atomic E-state index is 12.7. The molecule has 2 aliphatic carbocycles. The molecule has 172 valence electrons. The normalized spacial score (nSPS) is 31.1. The van der Waals surface area contributed by atoms with E-state index in [1.165, 1.54) is 64.6 Å². The van der Waals surface area contributed by atoms with Gasteiger partial charge in [-0.05, 0) is 89.9 Å². The van der Waals surface area contributed by atoms with Gasteiger partial charge in [-0.3, -0.25) is 4.79 Å². The molecule has 4 nitrogen and oxygen atoms in total. The molecule has 0 bridgehead atoms. The first-order valence-electron chi connectivity index (χ1n) is 12.8. The summed E-state index contributed by atoms with van der Waals surface area (Å²) >= 11 is 0. The minimum absolute atomic E-state index is 0.0399. The number of carbonyl (C=O) groups is 1. The van der Waals surface area contributed by atoms with Gasteiger partial charge in [-0.1, -0.05) is 44.8 Å². The zero-order valence-corrected chi connectivity index (χ0v) is 20.1. The molecule has 1 aliphatic heterocycles. The van der Waals surface area contributed by atoms with Gasteiger partial charge in [-0.25, -0.2) is 0 Å². The lowest BCUT2D eigenvalue weighted by atomic mass is 9.59. The summed E-state index contributed by atoms with van der Waals surface area (Å²) in [4.78, 5) is 15.3. The Balaban J connectivity index is 1.46. The van der Waals surface area contributed by atoms with E-state index in [1.54, 1.807) is 11.1 Å². The predicted octanol–water partition coefficient (Wildman–Crippen LogP) is 5.33. The number of rotatable bonds is 12. The molecule has 4 heteroatoms. The second kappa shape index (κ2) is 11.1. The Morgan fingerprint density at radius 2 is 1.83 bits per heavy atom. The fraction of sp³-hybridized carbons (Fsp3) is 0.885. The highest BCUT2D eigenvalue weighted by atomic mass is 16.6. The lowest BCUT2D eigenvalue weighted by molar-refractivity contribution is -0.145. The Kier molecular flexibility index (Phi) is 8.82. The van der Waals surface area contributed by atoms with Crippen LogP contribution in [0.4, 0.5) is 0 Å². The van der Waals surface area contributed by atoms with Crippen molar-refractivity contribution >= 4 is 5.97 Å². The molecule has 1 heterocycles. The molecule has 0 amide bonds. The molecular weight excluding hydrogens is 372 g/mol. The second-order valence-electron chi connectivity index (χ2n) is 10.4. The SMILES string of the molecule is CCCCN(CCCC)CCCNC[C@H]1C(=O)O[C@@H]2C[C@@]3(C)CCCC(C)=C3C[C@@H]21. The van der Waals surface area contributed by atoms with Crippen LogP contribution in [0, 0.1) is 17.3 Å². The van der Waals surface area contributed by atoms with E-state index >= 15 is 0 Å². The Hall–Kier alpha value is -0.870. The highest BCUT2D eigenvalue weighted by Gasteiger charge is 2.52. The number of hydrogen-bond acceptors (Lipinski definition) is 4. The number of carbonyl (C=O) groups excluding carboxylic acids is 1. The Labute approximate surface area is 185 Å². The van der Waals surface area contributed by atoms with Crippen molar-refractivity contribution in [1.29, 1.82) is 0 Å². The van der Waals surface area contributed by atoms with Gasteiger partial charge in [0.05, 0.1) is 5.92 Å². The molecule has 30 heavy (non-hydrogen) atoms. The molecule has 0 aromatic carbocycles. The Bertz CT molecular complexity index is 594. The molecule has 1 saturated heterocycles. The van der Waals surface area contributed by atoms with Crippen LogP contribution >= 0.6 is 0 Å². The second-order valence-corrected chi connectivity index (χ2v) is 10.4. The standard InChI is InChI=1S/C26H46N2O2/c1-5-7-14-28(15-8-6-2)16-10-13-27-19-22-21-17-23-20(3)11-9-12-26(23,4)18-24(21)30-25(22)29/h21-22,24,27H,5-19H2,1-4H3/t21-,22-,24-,26-/m1/s1.